The molecule has 0 amide bonds. The number of hydrogen-bond acceptors (Lipinski definition) is 6. The number of nitrogens with zero attached hydrogens (tertiary/aromatic N) is 4. The summed E-state index contributed by atoms with van der Waals surface area (Å²) in [5.41, 5.74) is 7.27. The van der Waals surface area contributed by atoms with Gasteiger partial charge in [-0.15, -0.1) is 11.3 Å². The summed E-state index contributed by atoms with van der Waals surface area (Å²) in [6, 6.07) is 68.0. The largest absolute Gasteiger partial charge is 0.456 e. The second kappa shape index (κ2) is 13.5. The number of aromatic nitrogens is 3. The van der Waals surface area contributed by atoms with Crippen LogP contribution in [0.4, 0.5) is 17.1 Å². The van der Waals surface area contributed by atoms with E-state index in [0.717, 1.165) is 77.2 Å². The van der Waals surface area contributed by atoms with Crippen LogP contribution in [0.15, 0.2) is 199 Å². The third-order valence-corrected chi connectivity index (χ3v) is 12.4. The SMILES string of the molecule is c1ccc(N(c2ccc3ccccc3c2)c2cc(-c3nc(-c4ccc5ccccc5c4)nc(-c4cccc5sc6ccccc6c45)n3)c3c(c2)oc2ccccc23)cc1. The van der Waals surface area contributed by atoms with Crippen LogP contribution in [0.5, 0.6) is 0 Å². The van der Waals surface area contributed by atoms with E-state index in [9.17, 15) is 0 Å². The van der Waals surface area contributed by atoms with Gasteiger partial charge >= 0.3 is 0 Å². The fraction of sp³-hybridized carbons (Fsp3) is 0. The number of hydrogen-bond donors (Lipinski definition) is 0. The molecular weight excluding hydrogens is 741 g/mol. The lowest BCUT2D eigenvalue weighted by molar-refractivity contribution is 0.669. The molecule has 0 aliphatic rings. The van der Waals surface area contributed by atoms with Crippen molar-refractivity contribution < 1.29 is 4.42 Å². The summed E-state index contributed by atoms with van der Waals surface area (Å²) in [6.45, 7) is 0. The number of fused-ring (bicyclic) bond motifs is 8. The lowest BCUT2D eigenvalue weighted by Gasteiger charge is -2.26. The van der Waals surface area contributed by atoms with Crippen LogP contribution in [0.25, 0.3) is 97.8 Å². The van der Waals surface area contributed by atoms with Crippen LogP contribution < -0.4 is 4.90 Å². The van der Waals surface area contributed by atoms with Gasteiger partial charge in [0.2, 0.25) is 0 Å². The van der Waals surface area contributed by atoms with E-state index in [1.54, 1.807) is 11.3 Å². The second-order valence-corrected chi connectivity index (χ2v) is 15.9. The Kier molecular flexibility index (Phi) is 7.64. The average molecular weight is 773 g/mol. The zero-order chi connectivity index (χ0) is 38.9. The molecule has 9 aromatic carbocycles. The summed E-state index contributed by atoms with van der Waals surface area (Å²) in [7, 11) is 0. The first-order valence-corrected chi connectivity index (χ1v) is 20.5. The summed E-state index contributed by atoms with van der Waals surface area (Å²) in [4.78, 5) is 18.4. The normalized spacial score (nSPS) is 11.7. The van der Waals surface area contributed by atoms with Crippen molar-refractivity contribution in [3.8, 4) is 34.2 Å². The Hall–Kier alpha value is -7.67. The zero-order valence-electron chi connectivity index (χ0n) is 31.6. The second-order valence-electron chi connectivity index (χ2n) is 14.8. The van der Waals surface area contributed by atoms with E-state index in [4.69, 9.17) is 19.4 Å². The number of benzene rings is 9. The van der Waals surface area contributed by atoms with E-state index in [0.29, 0.717) is 17.5 Å². The fourth-order valence-corrected chi connectivity index (χ4v) is 9.65. The first kappa shape index (κ1) is 33.5. The molecule has 0 spiro atoms. The highest BCUT2D eigenvalue weighted by atomic mass is 32.1. The van der Waals surface area contributed by atoms with E-state index in [1.165, 1.54) is 20.2 Å². The van der Waals surface area contributed by atoms with Gasteiger partial charge in [-0.1, -0.05) is 133 Å². The number of anilines is 3. The highest BCUT2D eigenvalue weighted by Crippen LogP contribution is 2.45. The summed E-state index contributed by atoms with van der Waals surface area (Å²) < 4.78 is 9.15. The van der Waals surface area contributed by atoms with Crippen molar-refractivity contribution in [3.63, 3.8) is 0 Å². The van der Waals surface area contributed by atoms with Gasteiger partial charge in [-0.05, 0) is 76.1 Å². The molecule has 0 aliphatic heterocycles. The minimum atomic E-state index is 0.569. The van der Waals surface area contributed by atoms with Gasteiger partial charge in [-0.2, -0.15) is 0 Å². The molecule has 12 rings (SSSR count). The van der Waals surface area contributed by atoms with Crippen molar-refractivity contribution in [2.45, 2.75) is 0 Å². The molecule has 0 saturated carbocycles. The van der Waals surface area contributed by atoms with Gasteiger partial charge < -0.3 is 9.32 Å². The van der Waals surface area contributed by atoms with Gasteiger partial charge in [0, 0.05) is 65.1 Å². The molecule has 0 unspecified atom stereocenters. The number of rotatable bonds is 6. The van der Waals surface area contributed by atoms with Crippen LogP contribution in [0.3, 0.4) is 0 Å². The minimum Gasteiger partial charge on any atom is -0.456 e. The highest BCUT2D eigenvalue weighted by molar-refractivity contribution is 7.25. The van der Waals surface area contributed by atoms with Crippen LogP contribution in [0.1, 0.15) is 0 Å². The minimum absolute atomic E-state index is 0.569. The van der Waals surface area contributed by atoms with Crippen LogP contribution in [0.2, 0.25) is 0 Å². The topological polar surface area (TPSA) is 55.1 Å². The van der Waals surface area contributed by atoms with E-state index in [1.807, 2.05) is 18.2 Å². The highest BCUT2D eigenvalue weighted by Gasteiger charge is 2.23. The van der Waals surface area contributed by atoms with Crippen LogP contribution >= 0.6 is 11.3 Å². The van der Waals surface area contributed by atoms with Crippen LogP contribution in [0, 0.1) is 0 Å². The van der Waals surface area contributed by atoms with Crippen LogP contribution in [-0.4, -0.2) is 15.0 Å². The van der Waals surface area contributed by atoms with Crippen molar-refractivity contribution in [2.75, 3.05) is 4.90 Å². The van der Waals surface area contributed by atoms with Gasteiger partial charge in [0.25, 0.3) is 0 Å². The van der Waals surface area contributed by atoms with E-state index in [-0.39, 0.29) is 0 Å². The van der Waals surface area contributed by atoms with Gasteiger partial charge in [-0.25, -0.2) is 15.0 Å². The van der Waals surface area contributed by atoms with Crippen molar-refractivity contribution >= 4 is 92.1 Å². The standard InChI is InChI=1S/C53H32N4OS/c1-2-17-38(18-3-1)57(39-28-27-34-14-5-7-16-36(34)30-39)40-31-44(49-41-19-8-10-22-45(41)58-46(49)32-40)53-55-51(37-26-25-33-13-4-6-15-35(33)29-37)54-52(56-53)43-21-12-24-48-50(43)42-20-9-11-23-47(42)59-48/h1-32H. The Balaban J connectivity index is 1.16. The molecule has 59 heavy (non-hydrogen) atoms. The predicted octanol–water partition coefficient (Wildman–Crippen LogP) is 14.9. The molecule has 3 aromatic heterocycles. The molecule has 0 N–H and O–H groups in total. The quantitative estimate of drug-likeness (QED) is 0.168. The van der Waals surface area contributed by atoms with E-state index >= 15 is 0 Å². The maximum absolute atomic E-state index is 6.72. The fourth-order valence-electron chi connectivity index (χ4n) is 8.52. The summed E-state index contributed by atoms with van der Waals surface area (Å²) in [5.74, 6) is 1.79. The third-order valence-electron chi connectivity index (χ3n) is 11.3. The maximum Gasteiger partial charge on any atom is 0.164 e. The van der Waals surface area contributed by atoms with Crippen molar-refractivity contribution in [2.24, 2.45) is 0 Å². The predicted molar refractivity (Wildman–Crippen MR) is 246 cm³/mol. The molecule has 0 aliphatic carbocycles. The van der Waals surface area contributed by atoms with E-state index < -0.39 is 0 Å². The smallest absolute Gasteiger partial charge is 0.164 e. The molecule has 0 fully saturated rings. The summed E-state index contributed by atoms with van der Waals surface area (Å²) >= 11 is 1.79. The van der Waals surface area contributed by atoms with Crippen molar-refractivity contribution in [1.82, 2.24) is 15.0 Å². The third kappa shape index (κ3) is 5.64. The molecule has 0 saturated heterocycles. The Morgan fingerprint density at radius 1 is 0.373 bits per heavy atom. The molecule has 5 nitrogen and oxygen atoms in total. The maximum atomic E-state index is 6.72. The number of thiophene rings is 1. The van der Waals surface area contributed by atoms with Gasteiger partial charge in [-0.3, -0.25) is 0 Å². The summed E-state index contributed by atoms with van der Waals surface area (Å²) in [5, 5.41) is 8.93. The van der Waals surface area contributed by atoms with Crippen molar-refractivity contribution in [1.29, 1.82) is 0 Å². The first-order chi connectivity index (χ1) is 29.2. The zero-order valence-corrected chi connectivity index (χ0v) is 32.4. The molecular formula is C53H32N4OS. The molecule has 0 atom stereocenters. The van der Waals surface area contributed by atoms with E-state index in [2.05, 4.69) is 181 Å². The molecule has 12 aromatic rings. The Morgan fingerprint density at radius 2 is 1.02 bits per heavy atom. The van der Waals surface area contributed by atoms with Gasteiger partial charge in [0.1, 0.15) is 11.2 Å². The van der Waals surface area contributed by atoms with Crippen LogP contribution in [-0.2, 0) is 0 Å². The molecule has 6 heteroatoms. The van der Waals surface area contributed by atoms with Crippen molar-refractivity contribution in [3.05, 3.63) is 194 Å². The Labute approximate surface area is 343 Å². The number of furan rings is 1. The lowest BCUT2D eigenvalue weighted by atomic mass is 10.0. The first-order valence-electron chi connectivity index (χ1n) is 19.7. The monoisotopic (exact) mass is 772 g/mol. The van der Waals surface area contributed by atoms with Gasteiger partial charge in [0.05, 0.1) is 5.69 Å². The molecule has 3 heterocycles. The average Bonchev–Trinajstić information content (AvgIpc) is 3.87. The summed E-state index contributed by atoms with van der Waals surface area (Å²) in [6.07, 6.45) is 0. The molecule has 0 bridgehead atoms. The molecule has 276 valence electrons. The number of para-hydroxylation sites is 2. The molecule has 0 radical (unpaired) electrons. The Morgan fingerprint density at radius 3 is 1.85 bits per heavy atom. The van der Waals surface area contributed by atoms with Gasteiger partial charge in [0.15, 0.2) is 17.5 Å². The lowest BCUT2D eigenvalue weighted by Crippen LogP contribution is -2.10. The Bertz CT molecular complexity index is 3590.